The molecule has 1 aromatic heterocycles. The highest BCUT2D eigenvalue weighted by atomic mass is 35.5. The minimum Gasteiger partial charge on any atom is -0.459 e. The zero-order valence-corrected chi connectivity index (χ0v) is 16.7. The number of sulfone groups is 1. The van der Waals surface area contributed by atoms with Crippen molar-refractivity contribution in [2.45, 2.75) is 41.3 Å². The molecule has 1 aliphatic heterocycles. The normalized spacial score (nSPS) is 17.4. The van der Waals surface area contributed by atoms with Gasteiger partial charge >= 0.3 is 6.18 Å². The average molecular weight is 444 g/mol. The zero-order valence-electron chi connectivity index (χ0n) is 15.1. The average Bonchev–Trinajstić information content (AvgIpc) is 3.04. The SMILES string of the molecule is O=S(=O)(c1cccc(Cl)c1)c1ccc2c3c(oc2c1)C(CCC(F)(F)F)NCC3. The van der Waals surface area contributed by atoms with Crippen molar-refractivity contribution in [1.82, 2.24) is 5.32 Å². The van der Waals surface area contributed by atoms with Gasteiger partial charge in [0.1, 0.15) is 11.3 Å². The fourth-order valence-electron chi connectivity index (χ4n) is 3.63. The third kappa shape index (κ3) is 4.01. The molecule has 2 aromatic carbocycles. The number of hydrogen-bond acceptors (Lipinski definition) is 4. The molecule has 154 valence electrons. The van der Waals surface area contributed by atoms with Crippen LogP contribution in [0.5, 0.6) is 0 Å². The molecule has 4 nitrogen and oxygen atoms in total. The lowest BCUT2D eigenvalue weighted by atomic mass is 9.97. The van der Waals surface area contributed by atoms with Gasteiger partial charge in [0.05, 0.1) is 15.8 Å². The van der Waals surface area contributed by atoms with Crippen LogP contribution in [0.2, 0.25) is 5.02 Å². The second-order valence-electron chi connectivity index (χ2n) is 6.97. The van der Waals surface area contributed by atoms with E-state index in [0.29, 0.717) is 29.3 Å². The molecule has 3 aromatic rings. The standard InChI is InChI=1S/C20H17ClF3NO3S/c21-12-2-1-3-13(10-12)29(26,27)14-4-5-15-16-7-9-25-17(6-8-20(22,23)24)19(16)28-18(15)11-14/h1-5,10-11,17,25H,6-9H2. The number of halogens is 4. The monoisotopic (exact) mass is 443 g/mol. The number of alkyl halides is 3. The second kappa shape index (κ2) is 7.34. The summed E-state index contributed by atoms with van der Waals surface area (Å²) in [5.41, 5.74) is 1.18. The summed E-state index contributed by atoms with van der Waals surface area (Å²) in [6, 6.07) is 9.96. The molecule has 1 atom stereocenters. The Bertz CT molecular complexity index is 1170. The first-order valence-corrected chi connectivity index (χ1v) is 10.9. The summed E-state index contributed by atoms with van der Waals surface area (Å²) in [7, 11) is -3.81. The van der Waals surface area contributed by atoms with Gasteiger partial charge in [0.15, 0.2) is 0 Å². The largest absolute Gasteiger partial charge is 0.459 e. The van der Waals surface area contributed by atoms with E-state index in [1.165, 1.54) is 24.3 Å². The number of fused-ring (bicyclic) bond motifs is 3. The quantitative estimate of drug-likeness (QED) is 0.582. The van der Waals surface area contributed by atoms with E-state index < -0.39 is 28.5 Å². The van der Waals surface area contributed by atoms with Crippen molar-refractivity contribution in [3.05, 3.63) is 58.8 Å². The minimum atomic E-state index is -4.25. The molecule has 0 saturated heterocycles. The Hall–Kier alpha value is -2.03. The Morgan fingerprint density at radius 3 is 2.62 bits per heavy atom. The first-order valence-electron chi connectivity index (χ1n) is 9.01. The van der Waals surface area contributed by atoms with Crippen LogP contribution in [0.15, 0.2) is 56.7 Å². The van der Waals surface area contributed by atoms with Gasteiger partial charge in [-0.2, -0.15) is 13.2 Å². The van der Waals surface area contributed by atoms with Crippen LogP contribution in [-0.4, -0.2) is 21.1 Å². The molecular formula is C20H17ClF3NO3S. The number of rotatable bonds is 4. The molecule has 0 radical (unpaired) electrons. The van der Waals surface area contributed by atoms with E-state index >= 15 is 0 Å². The lowest BCUT2D eigenvalue weighted by Crippen LogP contribution is -2.30. The van der Waals surface area contributed by atoms with Crippen LogP contribution >= 0.6 is 11.6 Å². The first-order chi connectivity index (χ1) is 13.6. The highest BCUT2D eigenvalue weighted by Gasteiger charge is 2.33. The predicted molar refractivity (Wildman–Crippen MR) is 103 cm³/mol. The summed E-state index contributed by atoms with van der Waals surface area (Å²) in [6.45, 7) is 0.534. The van der Waals surface area contributed by atoms with Gasteiger partial charge in [0.25, 0.3) is 0 Å². The number of hydrogen-bond donors (Lipinski definition) is 1. The lowest BCUT2D eigenvalue weighted by Gasteiger charge is -2.23. The van der Waals surface area contributed by atoms with Gasteiger partial charge in [-0.05, 0) is 43.2 Å². The van der Waals surface area contributed by atoms with Crippen LogP contribution in [0, 0.1) is 0 Å². The maximum absolute atomic E-state index is 12.9. The molecule has 0 aliphatic carbocycles. The van der Waals surface area contributed by atoms with Gasteiger partial charge in [-0.3, -0.25) is 0 Å². The van der Waals surface area contributed by atoms with Gasteiger partial charge in [-0.15, -0.1) is 0 Å². The van der Waals surface area contributed by atoms with Gasteiger partial charge < -0.3 is 9.73 Å². The summed E-state index contributed by atoms with van der Waals surface area (Å²) < 4.78 is 69.6. The van der Waals surface area contributed by atoms with E-state index in [4.69, 9.17) is 16.0 Å². The van der Waals surface area contributed by atoms with Crippen molar-refractivity contribution in [2.75, 3.05) is 6.54 Å². The molecule has 0 bridgehead atoms. The van der Waals surface area contributed by atoms with Crippen molar-refractivity contribution >= 4 is 32.4 Å². The fraction of sp³-hybridized carbons (Fsp3) is 0.300. The molecule has 4 rings (SSSR count). The second-order valence-corrected chi connectivity index (χ2v) is 9.36. The van der Waals surface area contributed by atoms with Crippen molar-refractivity contribution in [1.29, 1.82) is 0 Å². The summed E-state index contributed by atoms with van der Waals surface area (Å²) in [5, 5.41) is 4.09. The molecule has 2 heterocycles. The molecular weight excluding hydrogens is 427 g/mol. The molecule has 1 N–H and O–H groups in total. The number of furan rings is 1. The van der Waals surface area contributed by atoms with Gasteiger partial charge in [-0.25, -0.2) is 8.42 Å². The maximum atomic E-state index is 12.9. The Labute approximate surface area is 170 Å². The molecule has 1 aliphatic rings. The lowest BCUT2D eigenvalue weighted by molar-refractivity contribution is -0.137. The summed E-state index contributed by atoms with van der Waals surface area (Å²) in [5.74, 6) is 0.452. The van der Waals surface area contributed by atoms with E-state index in [1.54, 1.807) is 18.2 Å². The topological polar surface area (TPSA) is 59.3 Å². The van der Waals surface area contributed by atoms with Crippen LogP contribution in [0.3, 0.4) is 0 Å². The van der Waals surface area contributed by atoms with E-state index in [2.05, 4.69) is 5.32 Å². The summed E-state index contributed by atoms with van der Waals surface area (Å²) in [4.78, 5) is 0.101. The van der Waals surface area contributed by atoms with Crippen molar-refractivity contribution in [2.24, 2.45) is 0 Å². The Balaban J connectivity index is 1.73. The van der Waals surface area contributed by atoms with Crippen LogP contribution in [0.4, 0.5) is 13.2 Å². The highest BCUT2D eigenvalue weighted by molar-refractivity contribution is 7.91. The molecule has 9 heteroatoms. The Kier molecular flexibility index (Phi) is 5.13. The Morgan fingerprint density at radius 2 is 1.90 bits per heavy atom. The number of nitrogens with one attached hydrogen (secondary N) is 1. The van der Waals surface area contributed by atoms with Gasteiger partial charge in [-0.1, -0.05) is 17.7 Å². The molecule has 29 heavy (non-hydrogen) atoms. The van der Waals surface area contributed by atoms with Crippen LogP contribution < -0.4 is 5.32 Å². The van der Waals surface area contributed by atoms with Crippen LogP contribution in [0.25, 0.3) is 11.0 Å². The molecule has 0 amide bonds. The van der Waals surface area contributed by atoms with Crippen LogP contribution in [-0.2, 0) is 16.3 Å². The van der Waals surface area contributed by atoms with E-state index in [1.807, 2.05) is 0 Å². The predicted octanol–water partition coefficient (Wildman–Crippen LogP) is 5.45. The molecule has 1 unspecified atom stereocenters. The Morgan fingerprint density at radius 1 is 1.14 bits per heavy atom. The third-order valence-corrected chi connectivity index (χ3v) is 7.00. The van der Waals surface area contributed by atoms with Crippen molar-refractivity contribution in [3.63, 3.8) is 0 Å². The zero-order chi connectivity index (χ0) is 20.8. The van der Waals surface area contributed by atoms with E-state index in [9.17, 15) is 21.6 Å². The van der Waals surface area contributed by atoms with Crippen LogP contribution in [0.1, 0.15) is 30.2 Å². The molecule has 0 spiro atoms. The summed E-state index contributed by atoms with van der Waals surface area (Å²) in [6.07, 6.45) is -4.70. The third-order valence-electron chi connectivity index (χ3n) is 5.01. The fourth-order valence-corrected chi connectivity index (χ4v) is 5.21. The van der Waals surface area contributed by atoms with Crippen molar-refractivity contribution in [3.8, 4) is 0 Å². The smallest absolute Gasteiger partial charge is 0.389 e. The molecule has 0 fully saturated rings. The first kappa shape index (κ1) is 20.3. The number of benzene rings is 2. The minimum absolute atomic E-state index is 0.0400. The van der Waals surface area contributed by atoms with Gasteiger partial charge in [0, 0.05) is 35.0 Å². The van der Waals surface area contributed by atoms with E-state index in [0.717, 1.165) is 10.9 Å². The van der Waals surface area contributed by atoms with Crippen molar-refractivity contribution < 1.29 is 26.0 Å². The highest BCUT2D eigenvalue weighted by Crippen LogP contribution is 2.38. The van der Waals surface area contributed by atoms with E-state index in [-0.39, 0.29) is 16.2 Å². The van der Waals surface area contributed by atoms with Gasteiger partial charge in [0.2, 0.25) is 9.84 Å². The molecule has 0 saturated carbocycles. The summed E-state index contributed by atoms with van der Waals surface area (Å²) >= 11 is 5.91. The maximum Gasteiger partial charge on any atom is 0.389 e.